The molecule has 0 aromatic heterocycles. The number of rotatable bonds is 9. The van der Waals surface area contributed by atoms with Gasteiger partial charge in [0.15, 0.2) is 0 Å². The second kappa shape index (κ2) is 10.2. The normalized spacial score (nSPS) is 12.5. The molecule has 0 bridgehead atoms. The van der Waals surface area contributed by atoms with Crippen LogP contribution in [-0.2, 0) is 23.9 Å². The van der Waals surface area contributed by atoms with Gasteiger partial charge in [0.2, 0.25) is 11.9 Å². The number of nitrogens with one attached hydrogen (secondary N) is 1. The summed E-state index contributed by atoms with van der Waals surface area (Å²) in [6, 6.07) is 0.500. The quantitative estimate of drug-likeness (QED) is 0.266. The van der Waals surface area contributed by atoms with Gasteiger partial charge in [-0.1, -0.05) is 0 Å². The Labute approximate surface area is 127 Å². The molecule has 0 rings (SSSR count). The van der Waals surface area contributed by atoms with Gasteiger partial charge in [-0.15, -0.1) is 0 Å². The molecule has 0 heterocycles. The van der Waals surface area contributed by atoms with Crippen LogP contribution >= 0.6 is 0 Å². The standard InChI is InChI=1S/C13H18N4O5/c1-8(2)22-13(20)10(5-4-9(18)7-16-15)17-12(19)11(6-14)21-3/h7-8,10-11H,4-5H2,1-3H3,(H,17,19)/t10-,11+/m0/s1. The minimum Gasteiger partial charge on any atom is -0.461 e. The van der Waals surface area contributed by atoms with Crippen LogP contribution in [0.4, 0.5) is 0 Å². The van der Waals surface area contributed by atoms with E-state index in [1.54, 1.807) is 19.9 Å². The van der Waals surface area contributed by atoms with Gasteiger partial charge in [0.1, 0.15) is 12.1 Å². The first-order chi connectivity index (χ1) is 10.3. The lowest BCUT2D eigenvalue weighted by molar-refractivity contribution is -0.152. The molecular formula is C13H18N4O5. The SMILES string of the molecule is CO[C@H](C#N)C(=O)N[C@@H](CCC(=O)C=[N+]=[N-])C(=O)OC(C)C. The predicted molar refractivity (Wildman–Crippen MR) is 73.5 cm³/mol. The molecule has 0 aliphatic rings. The van der Waals surface area contributed by atoms with Crippen LogP contribution < -0.4 is 5.32 Å². The van der Waals surface area contributed by atoms with Crippen LogP contribution in [0.25, 0.3) is 5.53 Å². The van der Waals surface area contributed by atoms with Crippen molar-refractivity contribution in [2.75, 3.05) is 7.11 Å². The Balaban J connectivity index is 4.89. The van der Waals surface area contributed by atoms with E-state index in [-0.39, 0.29) is 12.8 Å². The minimum atomic E-state index is -1.37. The van der Waals surface area contributed by atoms with Crippen molar-refractivity contribution in [2.24, 2.45) is 0 Å². The van der Waals surface area contributed by atoms with Crippen LogP contribution in [0.1, 0.15) is 26.7 Å². The predicted octanol–water partition coefficient (Wildman–Crippen LogP) is -0.389. The number of nitriles is 1. The van der Waals surface area contributed by atoms with E-state index < -0.39 is 35.9 Å². The number of Topliss-reactive ketones (excluding diaryl/α,β-unsaturated/α-hetero) is 1. The van der Waals surface area contributed by atoms with Crippen molar-refractivity contribution in [3.63, 3.8) is 0 Å². The fourth-order valence-corrected chi connectivity index (χ4v) is 1.44. The van der Waals surface area contributed by atoms with Crippen LogP contribution in [0, 0.1) is 11.3 Å². The maximum Gasteiger partial charge on any atom is 0.328 e. The molecule has 1 amide bonds. The summed E-state index contributed by atoms with van der Waals surface area (Å²) in [4.78, 5) is 37.5. The number of carbonyl (C=O) groups excluding carboxylic acids is 3. The summed E-state index contributed by atoms with van der Waals surface area (Å²) in [7, 11) is 1.18. The average molecular weight is 310 g/mol. The summed E-state index contributed by atoms with van der Waals surface area (Å²) in [5.41, 5.74) is 8.25. The number of carbonyl (C=O) groups is 3. The topological polar surface area (TPSA) is 142 Å². The molecule has 1 N–H and O–H groups in total. The molecular weight excluding hydrogens is 292 g/mol. The number of esters is 1. The highest BCUT2D eigenvalue weighted by atomic mass is 16.5. The van der Waals surface area contributed by atoms with Gasteiger partial charge in [0.05, 0.1) is 6.10 Å². The molecule has 9 nitrogen and oxygen atoms in total. The molecule has 2 atom stereocenters. The first-order valence-electron chi connectivity index (χ1n) is 6.49. The summed E-state index contributed by atoms with van der Waals surface area (Å²) in [6.45, 7) is 3.27. The number of hydrogen-bond donors (Lipinski definition) is 1. The maximum absolute atomic E-state index is 11.9. The van der Waals surface area contributed by atoms with Crippen molar-refractivity contribution >= 4 is 23.9 Å². The number of methoxy groups -OCH3 is 1. The lowest BCUT2D eigenvalue weighted by Crippen LogP contribution is -2.47. The van der Waals surface area contributed by atoms with Gasteiger partial charge in [-0.2, -0.15) is 10.1 Å². The Hall–Kier alpha value is -2.56. The molecule has 22 heavy (non-hydrogen) atoms. The molecule has 0 fully saturated rings. The van der Waals surface area contributed by atoms with Gasteiger partial charge < -0.3 is 20.3 Å². The highest BCUT2D eigenvalue weighted by Gasteiger charge is 2.27. The summed E-state index contributed by atoms with van der Waals surface area (Å²) >= 11 is 0. The summed E-state index contributed by atoms with van der Waals surface area (Å²) in [6.07, 6.45) is -1.30. The molecule has 0 aliphatic carbocycles. The van der Waals surface area contributed by atoms with Crippen LogP contribution in [0.2, 0.25) is 0 Å². The van der Waals surface area contributed by atoms with E-state index in [9.17, 15) is 14.4 Å². The van der Waals surface area contributed by atoms with Gasteiger partial charge in [0, 0.05) is 13.5 Å². The first-order valence-corrected chi connectivity index (χ1v) is 6.49. The first kappa shape index (κ1) is 19.4. The van der Waals surface area contributed by atoms with Crippen molar-refractivity contribution in [1.82, 2.24) is 5.32 Å². The monoisotopic (exact) mass is 310 g/mol. The number of hydrogen-bond acceptors (Lipinski definition) is 6. The van der Waals surface area contributed by atoms with E-state index >= 15 is 0 Å². The van der Waals surface area contributed by atoms with E-state index in [1.165, 1.54) is 7.11 Å². The van der Waals surface area contributed by atoms with E-state index in [0.29, 0.717) is 6.21 Å². The van der Waals surface area contributed by atoms with Gasteiger partial charge in [-0.3, -0.25) is 9.59 Å². The smallest absolute Gasteiger partial charge is 0.328 e. The second-order valence-corrected chi connectivity index (χ2v) is 4.54. The highest BCUT2D eigenvalue weighted by molar-refractivity contribution is 6.25. The molecule has 0 saturated heterocycles. The second-order valence-electron chi connectivity index (χ2n) is 4.54. The van der Waals surface area contributed by atoms with Crippen molar-refractivity contribution in [3.8, 4) is 6.07 Å². The van der Waals surface area contributed by atoms with Gasteiger partial charge in [-0.05, 0) is 20.3 Å². The van der Waals surface area contributed by atoms with Crippen LogP contribution in [0.15, 0.2) is 0 Å². The average Bonchev–Trinajstić information content (AvgIpc) is 2.44. The highest BCUT2D eigenvalue weighted by Crippen LogP contribution is 2.04. The maximum atomic E-state index is 11.9. The van der Waals surface area contributed by atoms with Gasteiger partial charge >= 0.3 is 12.2 Å². The lowest BCUT2D eigenvalue weighted by atomic mass is 10.1. The lowest BCUT2D eigenvalue weighted by Gasteiger charge is -2.19. The number of amides is 1. The molecule has 0 saturated carbocycles. The van der Waals surface area contributed by atoms with Crippen molar-refractivity contribution in [3.05, 3.63) is 5.53 Å². The Kier molecular flexibility index (Phi) is 9.02. The molecule has 0 aliphatic heterocycles. The summed E-state index contributed by atoms with van der Waals surface area (Å²) < 4.78 is 9.62. The van der Waals surface area contributed by atoms with Gasteiger partial charge in [-0.25, -0.2) is 4.79 Å². The Morgan fingerprint density at radius 2 is 2.05 bits per heavy atom. The zero-order chi connectivity index (χ0) is 17.1. The Bertz CT molecular complexity index is 505. The fourth-order valence-electron chi connectivity index (χ4n) is 1.44. The zero-order valence-corrected chi connectivity index (χ0v) is 12.6. The largest absolute Gasteiger partial charge is 0.461 e. The van der Waals surface area contributed by atoms with Crippen molar-refractivity contribution < 1.29 is 28.6 Å². The van der Waals surface area contributed by atoms with Crippen LogP contribution in [0.5, 0.6) is 0 Å². The molecule has 0 spiro atoms. The van der Waals surface area contributed by atoms with E-state index in [4.69, 9.17) is 15.5 Å². The number of nitrogens with zero attached hydrogens (tertiary/aromatic N) is 3. The Morgan fingerprint density at radius 3 is 2.50 bits per heavy atom. The van der Waals surface area contributed by atoms with Crippen LogP contribution in [-0.4, -0.2) is 54.0 Å². The third-order valence-electron chi connectivity index (χ3n) is 2.43. The summed E-state index contributed by atoms with van der Waals surface area (Å²) in [5, 5.41) is 11.0. The molecule has 0 aromatic rings. The van der Waals surface area contributed by atoms with E-state index in [1.807, 2.05) is 0 Å². The summed E-state index contributed by atoms with van der Waals surface area (Å²) in [5.74, 6) is -2.06. The fraction of sp³-hybridized carbons (Fsp3) is 0.615. The molecule has 0 radical (unpaired) electrons. The third kappa shape index (κ3) is 7.28. The van der Waals surface area contributed by atoms with Crippen molar-refractivity contribution in [1.29, 1.82) is 5.26 Å². The number of ketones is 1. The van der Waals surface area contributed by atoms with Gasteiger partial charge in [0.25, 0.3) is 5.91 Å². The minimum absolute atomic E-state index is 0.0655. The zero-order valence-electron chi connectivity index (χ0n) is 12.6. The third-order valence-corrected chi connectivity index (χ3v) is 2.43. The number of ether oxygens (including phenoxy) is 2. The Morgan fingerprint density at radius 1 is 1.41 bits per heavy atom. The molecule has 0 unspecified atom stereocenters. The van der Waals surface area contributed by atoms with Crippen LogP contribution in [0.3, 0.4) is 0 Å². The van der Waals surface area contributed by atoms with E-state index in [0.717, 1.165) is 0 Å². The van der Waals surface area contributed by atoms with Crippen molar-refractivity contribution in [2.45, 2.75) is 44.9 Å². The molecule has 0 aromatic carbocycles. The van der Waals surface area contributed by atoms with E-state index in [2.05, 4.69) is 14.8 Å². The molecule has 120 valence electrons. The molecule has 9 heteroatoms.